The number of hydrogen-bond acceptors (Lipinski definition) is 5. The number of carbonyl (C=O) groups excluding carboxylic acids is 1. The minimum atomic E-state index is -0.312. The number of halogens is 2. The van der Waals surface area contributed by atoms with Crippen molar-refractivity contribution in [3.05, 3.63) is 36.0 Å². The minimum absolute atomic E-state index is 0. The maximum absolute atomic E-state index is 12.9. The fourth-order valence-corrected chi connectivity index (χ4v) is 1.89. The van der Waals surface area contributed by atoms with Gasteiger partial charge in [0.05, 0.1) is 0 Å². The van der Waals surface area contributed by atoms with Crippen LogP contribution in [-0.4, -0.2) is 29.1 Å². The third-order valence-electron chi connectivity index (χ3n) is 3.07. The average Bonchev–Trinajstić information content (AvgIpc) is 2.97. The van der Waals surface area contributed by atoms with Crippen molar-refractivity contribution in [3.63, 3.8) is 0 Å². The zero-order chi connectivity index (χ0) is 15.8. The van der Waals surface area contributed by atoms with Crippen LogP contribution in [0.4, 0.5) is 4.39 Å². The zero-order valence-corrected chi connectivity index (χ0v) is 13.4. The number of nitrogens with two attached hydrogens (primary N) is 1. The van der Waals surface area contributed by atoms with Crippen LogP contribution in [0.2, 0.25) is 0 Å². The second kappa shape index (κ2) is 9.91. The summed E-state index contributed by atoms with van der Waals surface area (Å²) in [5.74, 6) is 0.566. The van der Waals surface area contributed by atoms with Crippen molar-refractivity contribution < 1.29 is 13.7 Å². The first kappa shape index (κ1) is 19.1. The molecule has 0 aliphatic heterocycles. The molecular formula is C15H20ClFN4O2. The molecule has 8 heteroatoms. The van der Waals surface area contributed by atoms with Gasteiger partial charge in [-0.15, -0.1) is 12.4 Å². The summed E-state index contributed by atoms with van der Waals surface area (Å²) in [7, 11) is 0. The molecular weight excluding hydrogens is 323 g/mol. The molecule has 0 spiro atoms. The second-order valence-corrected chi connectivity index (χ2v) is 4.86. The zero-order valence-electron chi connectivity index (χ0n) is 12.6. The number of carbonyl (C=O) groups is 1. The van der Waals surface area contributed by atoms with E-state index in [1.807, 2.05) is 0 Å². The van der Waals surface area contributed by atoms with Crippen molar-refractivity contribution in [2.45, 2.75) is 25.7 Å². The van der Waals surface area contributed by atoms with Crippen molar-refractivity contribution in [2.75, 3.05) is 13.1 Å². The molecule has 0 bridgehead atoms. The van der Waals surface area contributed by atoms with E-state index in [1.54, 1.807) is 12.1 Å². The van der Waals surface area contributed by atoms with Crippen molar-refractivity contribution >= 4 is 18.3 Å². The van der Waals surface area contributed by atoms with Crippen molar-refractivity contribution in [1.82, 2.24) is 15.5 Å². The lowest BCUT2D eigenvalue weighted by Gasteiger charge is -2.02. The number of benzene rings is 1. The molecule has 1 aromatic heterocycles. The Hall–Kier alpha value is -1.99. The van der Waals surface area contributed by atoms with E-state index in [0.717, 1.165) is 6.42 Å². The molecule has 6 nitrogen and oxygen atoms in total. The molecule has 126 valence electrons. The first-order valence-corrected chi connectivity index (χ1v) is 7.24. The Morgan fingerprint density at radius 3 is 2.70 bits per heavy atom. The van der Waals surface area contributed by atoms with Crippen LogP contribution in [0.15, 0.2) is 28.8 Å². The van der Waals surface area contributed by atoms with E-state index in [2.05, 4.69) is 15.5 Å². The standard InChI is InChI=1S/C15H19FN4O2.ClH/c16-12-7-5-11(6-8-12)15-19-14(22-20-15)4-1-3-13(21)18-10-2-9-17;/h5-8H,1-4,9-10,17H2,(H,18,21);1H. The molecule has 3 N–H and O–H groups in total. The summed E-state index contributed by atoms with van der Waals surface area (Å²) in [6.07, 6.45) is 2.33. The number of rotatable bonds is 8. The van der Waals surface area contributed by atoms with E-state index in [-0.39, 0.29) is 24.1 Å². The maximum Gasteiger partial charge on any atom is 0.226 e. The number of amides is 1. The molecule has 0 saturated carbocycles. The molecule has 1 heterocycles. The highest BCUT2D eigenvalue weighted by molar-refractivity contribution is 5.85. The smallest absolute Gasteiger partial charge is 0.226 e. The Bertz CT molecular complexity index is 604. The first-order valence-electron chi connectivity index (χ1n) is 7.24. The van der Waals surface area contributed by atoms with E-state index in [9.17, 15) is 9.18 Å². The van der Waals surface area contributed by atoms with Gasteiger partial charge in [0, 0.05) is 24.9 Å². The van der Waals surface area contributed by atoms with Gasteiger partial charge in [-0.05, 0) is 43.7 Å². The Morgan fingerprint density at radius 2 is 2.00 bits per heavy atom. The molecule has 1 aromatic carbocycles. The monoisotopic (exact) mass is 342 g/mol. The maximum atomic E-state index is 12.9. The van der Waals surface area contributed by atoms with Gasteiger partial charge in [0.2, 0.25) is 17.6 Å². The van der Waals surface area contributed by atoms with Crippen molar-refractivity contribution in [1.29, 1.82) is 0 Å². The van der Waals surface area contributed by atoms with E-state index in [1.165, 1.54) is 12.1 Å². The van der Waals surface area contributed by atoms with Crippen LogP contribution >= 0.6 is 12.4 Å². The van der Waals surface area contributed by atoms with Gasteiger partial charge in [-0.25, -0.2) is 4.39 Å². The van der Waals surface area contributed by atoms with Crippen LogP contribution in [0.1, 0.15) is 25.2 Å². The third-order valence-corrected chi connectivity index (χ3v) is 3.07. The van der Waals surface area contributed by atoms with Crippen LogP contribution in [0.5, 0.6) is 0 Å². The van der Waals surface area contributed by atoms with Crippen LogP contribution in [0, 0.1) is 5.82 Å². The minimum Gasteiger partial charge on any atom is -0.356 e. The quantitative estimate of drug-likeness (QED) is 0.716. The lowest BCUT2D eigenvalue weighted by atomic mass is 10.2. The molecule has 2 rings (SSSR count). The van der Waals surface area contributed by atoms with Gasteiger partial charge in [0.1, 0.15) is 5.82 Å². The topological polar surface area (TPSA) is 94.0 Å². The summed E-state index contributed by atoms with van der Waals surface area (Å²) in [6, 6.07) is 5.87. The summed E-state index contributed by atoms with van der Waals surface area (Å²) < 4.78 is 18.0. The van der Waals surface area contributed by atoms with Gasteiger partial charge in [0.15, 0.2) is 0 Å². The molecule has 2 aromatic rings. The van der Waals surface area contributed by atoms with E-state index >= 15 is 0 Å². The van der Waals surface area contributed by atoms with Gasteiger partial charge in [-0.2, -0.15) is 4.98 Å². The number of aromatic nitrogens is 2. The van der Waals surface area contributed by atoms with Gasteiger partial charge in [0.25, 0.3) is 0 Å². The Balaban J connectivity index is 0.00000264. The molecule has 0 radical (unpaired) electrons. The number of nitrogens with one attached hydrogen (secondary N) is 1. The van der Waals surface area contributed by atoms with Crippen LogP contribution in [0.3, 0.4) is 0 Å². The first-order chi connectivity index (χ1) is 10.7. The van der Waals surface area contributed by atoms with Gasteiger partial charge in [-0.1, -0.05) is 5.16 Å². The van der Waals surface area contributed by atoms with E-state index in [0.29, 0.717) is 49.6 Å². The lowest BCUT2D eigenvalue weighted by molar-refractivity contribution is -0.121. The molecule has 0 aliphatic rings. The van der Waals surface area contributed by atoms with Crippen LogP contribution in [-0.2, 0) is 11.2 Å². The highest BCUT2D eigenvalue weighted by Crippen LogP contribution is 2.16. The normalized spacial score (nSPS) is 10.2. The average molecular weight is 343 g/mol. The van der Waals surface area contributed by atoms with Crippen LogP contribution in [0.25, 0.3) is 11.4 Å². The molecule has 0 saturated heterocycles. The summed E-state index contributed by atoms with van der Waals surface area (Å²) >= 11 is 0. The fourth-order valence-electron chi connectivity index (χ4n) is 1.89. The molecule has 0 unspecified atom stereocenters. The SMILES string of the molecule is Cl.NCCCNC(=O)CCCc1nc(-c2ccc(F)cc2)no1. The van der Waals surface area contributed by atoms with Crippen molar-refractivity contribution in [3.8, 4) is 11.4 Å². The van der Waals surface area contributed by atoms with E-state index < -0.39 is 0 Å². The van der Waals surface area contributed by atoms with Gasteiger partial charge >= 0.3 is 0 Å². The molecule has 0 fully saturated rings. The number of hydrogen-bond donors (Lipinski definition) is 2. The van der Waals surface area contributed by atoms with Crippen LogP contribution < -0.4 is 11.1 Å². The van der Waals surface area contributed by atoms with Gasteiger partial charge < -0.3 is 15.6 Å². The Labute approximate surface area is 140 Å². The number of aryl methyl sites for hydroxylation is 1. The molecule has 0 aliphatic carbocycles. The Morgan fingerprint density at radius 1 is 1.26 bits per heavy atom. The summed E-state index contributed by atoms with van der Waals surface area (Å²) in [4.78, 5) is 15.7. The van der Waals surface area contributed by atoms with E-state index in [4.69, 9.17) is 10.3 Å². The summed E-state index contributed by atoms with van der Waals surface area (Å²) in [5.41, 5.74) is 6.04. The largest absolute Gasteiger partial charge is 0.356 e. The molecule has 23 heavy (non-hydrogen) atoms. The summed E-state index contributed by atoms with van der Waals surface area (Å²) in [6.45, 7) is 1.17. The number of nitrogens with zero attached hydrogens (tertiary/aromatic N) is 2. The predicted molar refractivity (Wildman–Crippen MR) is 86.6 cm³/mol. The molecule has 1 amide bonds. The molecule has 0 atom stereocenters. The highest BCUT2D eigenvalue weighted by atomic mass is 35.5. The lowest BCUT2D eigenvalue weighted by Crippen LogP contribution is -2.25. The fraction of sp³-hybridized carbons (Fsp3) is 0.400. The Kier molecular flexibility index (Phi) is 8.21. The summed E-state index contributed by atoms with van der Waals surface area (Å²) in [5, 5.41) is 6.64. The second-order valence-electron chi connectivity index (χ2n) is 4.86. The third kappa shape index (κ3) is 6.33. The van der Waals surface area contributed by atoms with Crippen molar-refractivity contribution in [2.24, 2.45) is 5.73 Å². The van der Waals surface area contributed by atoms with Gasteiger partial charge in [-0.3, -0.25) is 4.79 Å². The highest BCUT2D eigenvalue weighted by Gasteiger charge is 2.09. The predicted octanol–water partition coefficient (Wildman–Crippen LogP) is 2.09.